The standard InChI is InChI=1S/C26H27F3N2O3S/c1-19(2)16-24(20-10-5-3-6-11-20)30-25(32)18-31(35(33,34)23-14-7-4-8-15-23)22-13-9-12-21(17-22)26(27,28)29/h3-15,17,19,24H,16,18H2,1-2H3,(H,30,32)/t24-/m0/s1. The fraction of sp³-hybridized carbons (Fsp3) is 0.269. The molecule has 0 bridgehead atoms. The molecule has 0 unspecified atom stereocenters. The van der Waals surface area contributed by atoms with Crippen molar-refractivity contribution in [1.82, 2.24) is 5.32 Å². The van der Waals surface area contributed by atoms with Gasteiger partial charge in [0.05, 0.1) is 22.2 Å². The summed E-state index contributed by atoms with van der Waals surface area (Å²) < 4.78 is 67.6. The molecule has 0 aliphatic heterocycles. The molecule has 0 aliphatic rings. The molecule has 35 heavy (non-hydrogen) atoms. The fourth-order valence-corrected chi connectivity index (χ4v) is 5.11. The molecule has 1 amide bonds. The molecule has 5 nitrogen and oxygen atoms in total. The number of nitrogens with zero attached hydrogens (tertiary/aromatic N) is 1. The lowest BCUT2D eigenvalue weighted by Gasteiger charge is -2.27. The molecule has 9 heteroatoms. The first-order valence-corrected chi connectivity index (χ1v) is 12.5. The summed E-state index contributed by atoms with van der Waals surface area (Å²) in [6.07, 6.45) is -4.07. The van der Waals surface area contributed by atoms with Crippen LogP contribution in [0, 0.1) is 5.92 Å². The molecule has 3 rings (SSSR count). The van der Waals surface area contributed by atoms with Gasteiger partial charge in [0.2, 0.25) is 5.91 Å². The van der Waals surface area contributed by atoms with Crippen molar-refractivity contribution in [1.29, 1.82) is 0 Å². The molecule has 0 saturated carbocycles. The molecule has 0 saturated heterocycles. The highest BCUT2D eigenvalue weighted by Crippen LogP contribution is 2.33. The number of hydrogen-bond donors (Lipinski definition) is 1. The number of nitrogens with one attached hydrogen (secondary N) is 1. The van der Waals surface area contributed by atoms with Crippen LogP contribution >= 0.6 is 0 Å². The van der Waals surface area contributed by atoms with Crippen LogP contribution in [0.3, 0.4) is 0 Å². The molecule has 1 atom stereocenters. The topological polar surface area (TPSA) is 66.5 Å². The van der Waals surface area contributed by atoms with E-state index in [2.05, 4.69) is 5.32 Å². The monoisotopic (exact) mass is 504 g/mol. The summed E-state index contributed by atoms with van der Waals surface area (Å²) in [6.45, 7) is 3.31. The lowest BCUT2D eigenvalue weighted by molar-refractivity contribution is -0.137. The molecule has 0 radical (unpaired) electrons. The Hall–Kier alpha value is -3.33. The maximum Gasteiger partial charge on any atom is 0.416 e. The number of halogens is 3. The number of rotatable bonds is 9. The maximum atomic E-state index is 13.4. The van der Waals surface area contributed by atoms with E-state index < -0.39 is 34.2 Å². The molecule has 186 valence electrons. The second-order valence-electron chi connectivity index (χ2n) is 8.53. The molecular formula is C26H27F3N2O3S. The first-order valence-electron chi connectivity index (χ1n) is 11.1. The Morgan fingerprint density at radius 2 is 1.51 bits per heavy atom. The van der Waals surface area contributed by atoms with Crippen LogP contribution in [0.2, 0.25) is 0 Å². The first kappa shape index (κ1) is 26.3. The van der Waals surface area contributed by atoms with Gasteiger partial charge in [0.25, 0.3) is 10.0 Å². The minimum absolute atomic E-state index is 0.132. The van der Waals surface area contributed by atoms with Crippen molar-refractivity contribution in [2.75, 3.05) is 10.8 Å². The zero-order valence-electron chi connectivity index (χ0n) is 19.4. The van der Waals surface area contributed by atoms with Crippen LogP contribution in [-0.4, -0.2) is 20.9 Å². The Bertz CT molecular complexity index is 1230. The number of hydrogen-bond acceptors (Lipinski definition) is 3. The first-order chi connectivity index (χ1) is 16.5. The van der Waals surface area contributed by atoms with Gasteiger partial charge in [0.15, 0.2) is 0 Å². The average molecular weight is 505 g/mol. The van der Waals surface area contributed by atoms with E-state index in [0.717, 1.165) is 23.8 Å². The largest absolute Gasteiger partial charge is 0.416 e. The third kappa shape index (κ3) is 6.85. The highest BCUT2D eigenvalue weighted by atomic mass is 32.2. The van der Waals surface area contributed by atoms with Gasteiger partial charge in [-0.1, -0.05) is 68.4 Å². The number of benzene rings is 3. The number of alkyl halides is 3. The van der Waals surface area contributed by atoms with Crippen molar-refractivity contribution in [3.63, 3.8) is 0 Å². The van der Waals surface area contributed by atoms with Gasteiger partial charge in [0.1, 0.15) is 6.54 Å². The Labute approximate surface area is 203 Å². The maximum absolute atomic E-state index is 13.4. The smallest absolute Gasteiger partial charge is 0.348 e. The summed E-state index contributed by atoms with van der Waals surface area (Å²) in [5.74, 6) is -0.399. The Kier molecular flexibility index (Phi) is 8.22. The normalized spacial score (nSPS) is 12.9. The summed E-state index contributed by atoms with van der Waals surface area (Å²) >= 11 is 0. The second-order valence-corrected chi connectivity index (χ2v) is 10.4. The molecule has 0 fully saturated rings. The highest BCUT2D eigenvalue weighted by molar-refractivity contribution is 7.92. The van der Waals surface area contributed by atoms with Crippen molar-refractivity contribution in [3.05, 3.63) is 96.1 Å². The SMILES string of the molecule is CC(C)C[C@H](NC(=O)CN(c1cccc(C(F)(F)F)c1)S(=O)(=O)c1ccccc1)c1ccccc1. The second kappa shape index (κ2) is 10.9. The molecule has 0 aliphatic carbocycles. The van der Waals surface area contributed by atoms with E-state index in [1.165, 1.54) is 30.3 Å². The van der Waals surface area contributed by atoms with Crippen LogP contribution in [0.15, 0.2) is 89.8 Å². The van der Waals surface area contributed by atoms with E-state index >= 15 is 0 Å². The van der Waals surface area contributed by atoms with Gasteiger partial charge in [0, 0.05) is 0 Å². The van der Waals surface area contributed by atoms with E-state index in [4.69, 9.17) is 0 Å². The summed E-state index contributed by atoms with van der Waals surface area (Å²) in [4.78, 5) is 13.0. The van der Waals surface area contributed by atoms with Gasteiger partial charge >= 0.3 is 6.18 Å². The summed E-state index contributed by atoms with van der Waals surface area (Å²) in [5.41, 5.74) is -0.407. The van der Waals surface area contributed by atoms with Gasteiger partial charge in [-0.25, -0.2) is 8.42 Å². The van der Waals surface area contributed by atoms with Crippen molar-refractivity contribution < 1.29 is 26.4 Å². The minimum atomic E-state index is -4.67. The van der Waals surface area contributed by atoms with Crippen LogP contribution in [0.1, 0.15) is 37.4 Å². The third-order valence-electron chi connectivity index (χ3n) is 5.32. The number of anilines is 1. The van der Waals surface area contributed by atoms with Crippen LogP contribution in [0.25, 0.3) is 0 Å². The van der Waals surface area contributed by atoms with Gasteiger partial charge in [-0.05, 0) is 48.2 Å². The summed E-state index contributed by atoms with van der Waals surface area (Å²) in [6, 6.07) is 20.1. The predicted octanol–water partition coefficient (Wildman–Crippen LogP) is 5.80. The summed E-state index contributed by atoms with van der Waals surface area (Å²) in [5, 5.41) is 2.87. The molecule has 0 spiro atoms. The zero-order chi connectivity index (χ0) is 25.6. The number of amides is 1. The molecule has 0 heterocycles. The number of carbonyl (C=O) groups is 1. The predicted molar refractivity (Wildman–Crippen MR) is 129 cm³/mol. The average Bonchev–Trinajstić information content (AvgIpc) is 2.82. The van der Waals surface area contributed by atoms with E-state index in [9.17, 15) is 26.4 Å². The van der Waals surface area contributed by atoms with Crippen molar-refractivity contribution >= 4 is 21.6 Å². The lowest BCUT2D eigenvalue weighted by Crippen LogP contribution is -2.42. The number of carbonyl (C=O) groups excluding carboxylic acids is 1. The Morgan fingerprint density at radius 1 is 0.914 bits per heavy atom. The Morgan fingerprint density at radius 3 is 2.09 bits per heavy atom. The van der Waals surface area contributed by atoms with Crippen LogP contribution in [0.4, 0.5) is 18.9 Å². The highest BCUT2D eigenvalue weighted by Gasteiger charge is 2.33. The van der Waals surface area contributed by atoms with Crippen molar-refractivity contribution in [2.45, 2.75) is 37.4 Å². The van der Waals surface area contributed by atoms with Gasteiger partial charge in [-0.15, -0.1) is 0 Å². The van der Waals surface area contributed by atoms with E-state index in [0.29, 0.717) is 10.7 Å². The zero-order valence-corrected chi connectivity index (χ0v) is 20.2. The molecule has 1 N–H and O–H groups in total. The molecular weight excluding hydrogens is 477 g/mol. The van der Waals surface area contributed by atoms with Gasteiger partial charge in [-0.2, -0.15) is 13.2 Å². The van der Waals surface area contributed by atoms with E-state index in [1.807, 2.05) is 44.2 Å². The van der Waals surface area contributed by atoms with Crippen LogP contribution < -0.4 is 9.62 Å². The van der Waals surface area contributed by atoms with Gasteiger partial charge in [-0.3, -0.25) is 9.10 Å². The van der Waals surface area contributed by atoms with Gasteiger partial charge < -0.3 is 5.32 Å². The minimum Gasteiger partial charge on any atom is -0.348 e. The molecule has 3 aromatic rings. The summed E-state index contributed by atoms with van der Waals surface area (Å²) in [7, 11) is -4.33. The molecule has 0 aromatic heterocycles. The lowest BCUT2D eigenvalue weighted by atomic mass is 9.97. The van der Waals surface area contributed by atoms with E-state index in [-0.39, 0.29) is 22.5 Å². The quantitative estimate of drug-likeness (QED) is 0.400. The van der Waals surface area contributed by atoms with E-state index in [1.54, 1.807) is 6.07 Å². The van der Waals surface area contributed by atoms with Crippen molar-refractivity contribution in [3.8, 4) is 0 Å². The van der Waals surface area contributed by atoms with Crippen LogP contribution in [0.5, 0.6) is 0 Å². The Balaban J connectivity index is 1.97. The van der Waals surface area contributed by atoms with Crippen molar-refractivity contribution in [2.24, 2.45) is 5.92 Å². The third-order valence-corrected chi connectivity index (χ3v) is 7.11. The number of sulfonamides is 1. The fourth-order valence-electron chi connectivity index (χ4n) is 3.68. The van der Waals surface area contributed by atoms with Crippen LogP contribution in [-0.2, 0) is 21.0 Å². The molecule has 3 aromatic carbocycles.